The van der Waals surface area contributed by atoms with E-state index in [9.17, 15) is 19.5 Å². The molecule has 1 aliphatic rings. The maximum atomic E-state index is 10.8. The van der Waals surface area contributed by atoms with E-state index in [1.54, 1.807) is 38.1 Å². The molecule has 0 saturated carbocycles. The van der Waals surface area contributed by atoms with Gasteiger partial charge in [0.25, 0.3) is 0 Å². The number of carboxylic acids is 1. The van der Waals surface area contributed by atoms with Crippen LogP contribution in [0.1, 0.15) is 34.6 Å². The molecule has 0 aliphatic carbocycles. The SMILES string of the molecule is CC(O)COC(C)C(O)C=CC(=O)O.O=C1OC(=O)c2ccccc21. The summed E-state index contributed by atoms with van der Waals surface area (Å²) in [5.74, 6) is -2.22. The van der Waals surface area contributed by atoms with Crippen molar-refractivity contribution in [3.63, 3.8) is 0 Å². The highest BCUT2D eigenvalue weighted by Crippen LogP contribution is 2.18. The van der Waals surface area contributed by atoms with Gasteiger partial charge in [-0.2, -0.15) is 0 Å². The number of rotatable bonds is 6. The van der Waals surface area contributed by atoms with Gasteiger partial charge in [-0.05, 0) is 32.1 Å². The van der Waals surface area contributed by atoms with Crippen LogP contribution in [0.3, 0.4) is 0 Å². The third-order valence-electron chi connectivity index (χ3n) is 3.07. The minimum atomic E-state index is -1.12. The smallest absolute Gasteiger partial charge is 0.346 e. The van der Waals surface area contributed by atoms with E-state index in [0.29, 0.717) is 11.1 Å². The van der Waals surface area contributed by atoms with E-state index in [0.717, 1.165) is 12.2 Å². The molecule has 0 aromatic heterocycles. The summed E-state index contributed by atoms with van der Waals surface area (Å²) in [7, 11) is 0. The van der Waals surface area contributed by atoms with Crippen LogP contribution in [0.25, 0.3) is 0 Å². The first-order valence-electron chi connectivity index (χ1n) is 7.46. The standard InChI is InChI=1S/C9H16O5.C8H4O3/c1-6(10)5-14-7(2)8(11)3-4-9(12)13;9-7-5-3-1-2-4-6(5)8(10)11-7/h3-4,6-8,10-11H,5H2,1-2H3,(H,12,13);1-4H. The molecule has 136 valence electrons. The van der Waals surface area contributed by atoms with Crippen LogP contribution in [0, 0.1) is 0 Å². The van der Waals surface area contributed by atoms with Crippen molar-refractivity contribution in [2.45, 2.75) is 32.2 Å². The molecule has 0 radical (unpaired) electrons. The Kier molecular flexibility index (Phi) is 7.93. The molecule has 2 rings (SSSR count). The maximum Gasteiger partial charge on any atom is 0.346 e. The summed E-state index contributed by atoms with van der Waals surface area (Å²) < 4.78 is 9.41. The first-order chi connectivity index (χ1) is 11.7. The van der Waals surface area contributed by atoms with Gasteiger partial charge in [0.15, 0.2) is 0 Å². The van der Waals surface area contributed by atoms with Gasteiger partial charge in [-0.1, -0.05) is 12.1 Å². The van der Waals surface area contributed by atoms with Crippen molar-refractivity contribution in [1.29, 1.82) is 0 Å². The Labute approximate surface area is 144 Å². The number of cyclic esters (lactones) is 2. The predicted molar refractivity (Wildman–Crippen MR) is 86.1 cm³/mol. The Bertz CT molecular complexity index is 617. The zero-order valence-electron chi connectivity index (χ0n) is 13.8. The molecule has 0 bridgehead atoms. The minimum absolute atomic E-state index is 0.110. The number of fused-ring (bicyclic) bond motifs is 1. The van der Waals surface area contributed by atoms with Crippen LogP contribution in [-0.2, 0) is 14.3 Å². The summed E-state index contributed by atoms with van der Waals surface area (Å²) in [6.07, 6.45) is -0.139. The number of carbonyl (C=O) groups excluding carboxylic acids is 2. The average Bonchev–Trinajstić information content (AvgIpc) is 2.86. The maximum absolute atomic E-state index is 10.8. The molecule has 0 amide bonds. The number of aliphatic carboxylic acids is 1. The number of esters is 2. The Morgan fingerprint density at radius 1 is 1.16 bits per heavy atom. The fraction of sp³-hybridized carbons (Fsp3) is 0.353. The minimum Gasteiger partial charge on any atom is -0.478 e. The number of benzene rings is 1. The Hall–Kier alpha value is -2.55. The van der Waals surface area contributed by atoms with Crippen LogP contribution in [0.4, 0.5) is 0 Å². The molecule has 1 heterocycles. The second-order valence-electron chi connectivity index (χ2n) is 5.30. The van der Waals surface area contributed by atoms with Crippen molar-refractivity contribution in [2.24, 2.45) is 0 Å². The van der Waals surface area contributed by atoms with E-state index in [1.165, 1.54) is 0 Å². The number of aliphatic hydroxyl groups excluding tert-OH is 2. The van der Waals surface area contributed by atoms with E-state index >= 15 is 0 Å². The van der Waals surface area contributed by atoms with Crippen molar-refractivity contribution in [3.8, 4) is 0 Å². The predicted octanol–water partition coefficient (Wildman–Crippen LogP) is 0.771. The van der Waals surface area contributed by atoms with Crippen molar-refractivity contribution < 1.29 is 39.2 Å². The van der Waals surface area contributed by atoms with Crippen LogP contribution in [-0.4, -0.2) is 58.1 Å². The van der Waals surface area contributed by atoms with E-state index < -0.39 is 36.2 Å². The molecular formula is C17H20O8. The lowest BCUT2D eigenvalue weighted by Crippen LogP contribution is -2.27. The van der Waals surface area contributed by atoms with Crippen LogP contribution >= 0.6 is 0 Å². The van der Waals surface area contributed by atoms with Crippen LogP contribution < -0.4 is 0 Å². The summed E-state index contributed by atoms with van der Waals surface area (Å²) in [5.41, 5.74) is 0.718. The molecule has 25 heavy (non-hydrogen) atoms. The van der Waals surface area contributed by atoms with Gasteiger partial charge in [-0.3, -0.25) is 0 Å². The fourth-order valence-corrected chi connectivity index (χ4v) is 1.76. The van der Waals surface area contributed by atoms with Gasteiger partial charge < -0.3 is 24.8 Å². The van der Waals surface area contributed by atoms with Crippen LogP contribution in [0.2, 0.25) is 0 Å². The Morgan fingerprint density at radius 2 is 1.68 bits per heavy atom. The summed E-state index contributed by atoms with van der Waals surface area (Å²) in [5, 5.41) is 26.5. The van der Waals surface area contributed by atoms with E-state index in [2.05, 4.69) is 4.74 Å². The third kappa shape index (κ3) is 6.84. The van der Waals surface area contributed by atoms with Gasteiger partial charge >= 0.3 is 17.9 Å². The van der Waals surface area contributed by atoms with Gasteiger partial charge in [0.1, 0.15) is 0 Å². The number of ether oxygens (including phenoxy) is 2. The molecule has 0 spiro atoms. The van der Waals surface area contributed by atoms with Crippen molar-refractivity contribution in [1.82, 2.24) is 0 Å². The van der Waals surface area contributed by atoms with Gasteiger partial charge in [0.05, 0.1) is 36.0 Å². The van der Waals surface area contributed by atoms with E-state index in [4.69, 9.17) is 14.9 Å². The highest BCUT2D eigenvalue weighted by Gasteiger charge is 2.28. The van der Waals surface area contributed by atoms with Gasteiger partial charge in [0.2, 0.25) is 0 Å². The molecule has 1 aromatic rings. The highest BCUT2D eigenvalue weighted by molar-refractivity contribution is 6.14. The first kappa shape index (κ1) is 20.5. The number of carboxylic acid groups (broad SMARTS) is 1. The summed E-state index contributed by atoms with van der Waals surface area (Å²) in [4.78, 5) is 31.8. The van der Waals surface area contributed by atoms with E-state index in [1.807, 2.05) is 0 Å². The lowest BCUT2D eigenvalue weighted by atomic mass is 10.1. The molecule has 1 aromatic carbocycles. The molecule has 3 unspecified atom stereocenters. The Balaban J connectivity index is 0.000000255. The number of hydrogen-bond donors (Lipinski definition) is 3. The fourth-order valence-electron chi connectivity index (χ4n) is 1.76. The van der Waals surface area contributed by atoms with Crippen LogP contribution in [0.5, 0.6) is 0 Å². The van der Waals surface area contributed by atoms with Crippen molar-refractivity contribution >= 4 is 17.9 Å². The lowest BCUT2D eigenvalue weighted by Gasteiger charge is -2.17. The molecule has 0 saturated heterocycles. The quantitative estimate of drug-likeness (QED) is 0.389. The lowest BCUT2D eigenvalue weighted by molar-refractivity contribution is -0.131. The van der Waals surface area contributed by atoms with Gasteiger partial charge in [-0.25, -0.2) is 14.4 Å². The second kappa shape index (κ2) is 9.67. The third-order valence-corrected chi connectivity index (χ3v) is 3.07. The highest BCUT2D eigenvalue weighted by atomic mass is 16.6. The Morgan fingerprint density at radius 3 is 2.12 bits per heavy atom. The van der Waals surface area contributed by atoms with Crippen LogP contribution in [0.15, 0.2) is 36.4 Å². The normalized spacial score (nSPS) is 16.5. The molecule has 8 nitrogen and oxygen atoms in total. The van der Waals surface area contributed by atoms with Gasteiger partial charge in [-0.15, -0.1) is 0 Å². The molecule has 3 atom stereocenters. The second-order valence-corrected chi connectivity index (χ2v) is 5.30. The molecular weight excluding hydrogens is 332 g/mol. The molecule has 3 N–H and O–H groups in total. The first-order valence-corrected chi connectivity index (χ1v) is 7.46. The topological polar surface area (TPSA) is 130 Å². The molecule has 8 heteroatoms. The monoisotopic (exact) mass is 352 g/mol. The molecule has 0 fully saturated rings. The zero-order valence-corrected chi connectivity index (χ0v) is 13.8. The molecule has 1 aliphatic heterocycles. The summed E-state index contributed by atoms with van der Waals surface area (Å²) in [6, 6.07) is 6.53. The summed E-state index contributed by atoms with van der Waals surface area (Å²) in [6.45, 7) is 3.27. The number of aliphatic hydroxyl groups is 2. The summed E-state index contributed by atoms with van der Waals surface area (Å²) >= 11 is 0. The van der Waals surface area contributed by atoms with Crippen molar-refractivity contribution in [2.75, 3.05) is 6.61 Å². The van der Waals surface area contributed by atoms with E-state index in [-0.39, 0.29) is 6.61 Å². The number of hydrogen-bond acceptors (Lipinski definition) is 7. The number of carbonyl (C=O) groups is 3. The zero-order chi connectivity index (χ0) is 19.0. The average molecular weight is 352 g/mol. The van der Waals surface area contributed by atoms with Gasteiger partial charge in [0, 0.05) is 6.08 Å². The van der Waals surface area contributed by atoms with Crippen molar-refractivity contribution in [3.05, 3.63) is 47.5 Å². The largest absolute Gasteiger partial charge is 0.478 e.